The fourth-order valence-corrected chi connectivity index (χ4v) is 2.83. The summed E-state index contributed by atoms with van der Waals surface area (Å²) in [5.74, 6) is 0.558. The molecule has 2 aromatic carbocycles. The number of H-pyrrole nitrogens is 1. The quantitative estimate of drug-likeness (QED) is 0.507. The summed E-state index contributed by atoms with van der Waals surface area (Å²) >= 11 is 3.40. The van der Waals surface area contributed by atoms with Crippen molar-refractivity contribution in [1.29, 1.82) is 5.26 Å². The summed E-state index contributed by atoms with van der Waals surface area (Å²) in [6.45, 7) is -0.174. The third-order valence-electron chi connectivity index (χ3n) is 3.61. The zero-order chi connectivity index (χ0) is 18.5. The van der Waals surface area contributed by atoms with Crippen LogP contribution in [-0.2, 0) is 9.53 Å². The van der Waals surface area contributed by atoms with Crippen LogP contribution in [0, 0.1) is 11.3 Å². The molecule has 1 heterocycles. The number of para-hydroxylation sites is 2. The van der Waals surface area contributed by atoms with Gasteiger partial charge < -0.3 is 14.5 Å². The fraction of sp³-hybridized carbons (Fsp3) is 0.105. The summed E-state index contributed by atoms with van der Waals surface area (Å²) in [4.78, 5) is 18.7. The molecule has 0 aliphatic carbocycles. The van der Waals surface area contributed by atoms with E-state index >= 15 is 0 Å². The molecule has 0 radical (unpaired) electrons. The van der Waals surface area contributed by atoms with Crippen LogP contribution < -0.4 is 4.74 Å². The number of imidazole rings is 1. The Balaban J connectivity index is 1.86. The number of hydrogen-bond acceptors (Lipinski definition) is 5. The normalized spacial score (nSPS) is 11.2. The van der Waals surface area contributed by atoms with E-state index in [0.717, 1.165) is 16.6 Å². The first-order valence-corrected chi connectivity index (χ1v) is 8.46. The van der Waals surface area contributed by atoms with Gasteiger partial charge >= 0.3 is 5.97 Å². The van der Waals surface area contributed by atoms with E-state index in [0.29, 0.717) is 21.6 Å². The van der Waals surface area contributed by atoms with Crippen molar-refractivity contribution in [2.24, 2.45) is 0 Å². The number of aromatic nitrogens is 2. The summed E-state index contributed by atoms with van der Waals surface area (Å²) < 4.78 is 10.6. The second-order valence-corrected chi connectivity index (χ2v) is 6.18. The highest BCUT2D eigenvalue weighted by atomic mass is 79.9. The van der Waals surface area contributed by atoms with Crippen LogP contribution in [-0.4, -0.2) is 29.7 Å². The van der Waals surface area contributed by atoms with Gasteiger partial charge in [0.15, 0.2) is 6.61 Å². The largest absolute Gasteiger partial charge is 0.481 e. The molecule has 1 N–H and O–H groups in total. The molecular weight excluding hydrogens is 398 g/mol. The number of allylic oxidation sites excluding steroid dienone is 1. The van der Waals surface area contributed by atoms with Crippen LogP contribution in [0.15, 0.2) is 46.9 Å². The number of aromatic amines is 1. The zero-order valence-electron chi connectivity index (χ0n) is 13.8. The van der Waals surface area contributed by atoms with Crippen molar-refractivity contribution in [3.8, 4) is 11.8 Å². The van der Waals surface area contributed by atoms with Gasteiger partial charge in [0.2, 0.25) is 0 Å². The Kier molecular flexibility index (Phi) is 5.34. The molecule has 3 rings (SSSR count). The zero-order valence-corrected chi connectivity index (χ0v) is 15.4. The van der Waals surface area contributed by atoms with Gasteiger partial charge in [0.1, 0.15) is 17.6 Å². The number of carbonyl (C=O) groups is 1. The predicted molar refractivity (Wildman–Crippen MR) is 101 cm³/mol. The summed E-state index contributed by atoms with van der Waals surface area (Å²) in [5, 5.41) is 9.50. The number of benzene rings is 2. The Bertz CT molecular complexity index is 1000. The lowest BCUT2D eigenvalue weighted by Gasteiger charge is -2.07. The van der Waals surface area contributed by atoms with E-state index in [1.165, 1.54) is 7.11 Å². The summed E-state index contributed by atoms with van der Waals surface area (Å²) in [6.07, 6.45) is 1.73. The van der Waals surface area contributed by atoms with Crippen LogP contribution in [0.4, 0.5) is 0 Å². The monoisotopic (exact) mass is 411 g/mol. The molecule has 3 aromatic rings. The molecule has 0 aliphatic heterocycles. The first-order valence-electron chi connectivity index (χ1n) is 7.67. The Labute approximate surface area is 158 Å². The molecule has 6 nitrogen and oxygen atoms in total. The highest BCUT2D eigenvalue weighted by Gasteiger charge is 2.09. The highest BCUT2D eigenvalue weighted by molar-refractivity contribution is 9.10. The minimum atomic E-state index is -0.461. The fourth-order valence-electron chi connectivity index (χ4n) is 2.32. The lowest BCUT2D eigenvalue weighted by Crippen LogP contribution is -2.12. The maximum Gasteiger partial charge on any atom is 0.343 e. The first-order chi connectivity index (χ1) is 12.6. The third-order valence-corrected chi connectivity index (χ3v) is 4.22. The van der Waals surface area contributed by atoms with Gasteiger partial charge in [0.25, 0.3) is 0 Å². The van der Waals surface area contributed by atoms with E-state index in [2.05, 4.69) is 36.7 Å². The van der Waals surface area contributed by atoms with Crippen LogP contribution in [0.1, 0.15) is 11.4 Å². The van der Waals surface area contributed by atoms with Crippen LogP contribution in [0.2, 0.25) is 0 Å². The van der Waals surface area contributed by atoms with Crippen molar-refractivity contribution >= 4 is 44.6 Å². The molecule has 0 fully saturated rings. The molecule has 26 heavy (non-hydrogen) atoms. The predicted octanol–water partition coefficient (Wildman–Crippen LogP) is 3.94. The number of methoxy groups -OCH3 is 1. The maximum absolute atomic E-state index is 11.2. The standard InChI is InChI=1S/C19H14BrN3O3/c1-25-18(24)11-26-17-7-6-12(9-14(17)20)8-13(10-21)19-22-15-4-2-3-5-16(15)23-19/h2-9H,11H2,1H3,(H,22,23)/b13-8+. The average molecular weight is 412 g/mol. The van der Waals surface area contributed by atoms with Gasteiger partial charge in [-0.05, 0) is 51.8 Å². The van der Waals surface area contributed by atoms with Crippen molar-refractivity contribution < 1.29 is 14.3 Å². The maximum atomic E-state index is 11.2. The van der Waals surface area contributed by atoms with Gasteiger partial charge in [-0.1, -0.05) is 18.2 Å². The second-order valence-electron chi connectivity index (χ2n) is 5.33. The number of nitriles is 1. The SMILES string of the molecule is COC(=O)COc1ccc(/C=C(\C#N)c2nc3ccccc3[nH]2)cc1Br. The Morgan fingerprint density at radius 1 is 1.35 bits per heavy atom. The van der Waals surface area contributed by atoms with Crippen LogP contribution in [0.3, 0.4) is 0 Å². The van der Waals surface area contributed by atoms with Gasteiger partial charge in [-0.25, -0.2) is 9.78 Å². The number of carbonyl (C=O) groups excluding carboxylic acids is 1. The summed E-state index contributed by atoms with van der Waals surface area (Å²) in [7, 11) is 1.30. The van der Waals surface area contributed by atoms with Crippen molar-refractivity contribution in [3.05, 3.63) is 58.3 Å². The molecular formula is C19H14BrN3O3. The summed E-state index contributed by atoms with van der Waals surface area (Å²) in [6, 6.07) is 15.1. The van der Waals surface area contributed by atoms with Crippen LogP contribution >= 0.6 is 15.9 Å². The molecule has 0 aliphatic rings. The number of hydrogen-bond donors (Lipinski definition) is 1. The van der Waals surface area contributed by atoms with Gasteiger partial charge in [-0.3, -0.25) is 0 Å². The molecule has 7 heteroatoms. The molecule has 0 saturated carbocycles. The van der Waals surface area contributed by atoms with Crippen molar-refractivity contribution in [2.75, 3.05) is 13.7 Å². The topological polar surface area (TPSA) is 88.0 Å². The van der Waals surface area contributed by atoms with E-state index in [1.54, 1.807) is 24.3 Å². The van der Waals surface area contributed by atoms with Gasteiger partial charge in [0, 0.05) is 0 Å². The molecule has 1 aromatic heterocycles. The number of nitrogens with zero attached hydrogens (tertiary/aromatic N) is 2. The molecule has 130 valence electrons. The number of halogens is 1. The molecule has 0 unspecified atom stereocenters. The minimum absolute atomic E-state index is 0.174. The van der Waals surface area contributed by atoms with Gasteiger partial charge in [0.05, 0.1) is 28.2 Å². The van der Waals surface area contributed by atoms with Gasteiger partial charge in [-0.2, -0.15) is 5.26 Å². The number of esters is 1. The van der Waals surface area contributed by atoms with E-state index in [-0.39, 0.29) is 6.61 Å². The van der Waals surface area contributed by atoms with Crippen LogP contribution in [0.25, 0.3) is 22.7 Å². The molecule has 0 spiro atoms. The van der Waals surface area contributed by atoms with E-state index in [9.17, 15) is 10.1 Å². The van der Waals surface area contributed by atoms with Crippen molar-refractivity contribution in [1.82, 2.24) is 9.97 Å². The Hall–Kier alpha value is -3.11. The second kappa shape index (κ2) is 7.85. The van der Waals surface area contributed by atoms with Crippen molar-refractivity contribution in [2.45, 2.75) is 0 Å². The number of rotatable bonds is 5. The molecule has 0 saturated heterocycles. The average Bonchev–Trinajstić information content (AvgIpc) is 3.09. The molecule has 0 atom stereocenters. The van der Waals surface area contributed by atoms with Crippen LogP contribution in [0.5, 0.6) is 5.75 Å². The van der Waals surface area contributed by atoms with Crippen molar-refractivity contribution in [3.63, 3.8) is 0 Å². The van der Waals surface area contributed by atoms with E-state index < -0.39 is 5.97 Å². The number of ether oxygens (including phenoxy) is 2. The minimum Gasteiger partial charge on any atom is -0.481 e. The lowest BCUT2D eigenvalue weighted by atomic mass is 10.1. The van der Waals surface area contributed by atoms with Gasteiger partial charge in [-0.15, -0.1) is 0 Å². The van der Waals surface area contributed by atoms with E-state index in [4.69, 9.17) is 4.74 Å². The highest BCUT2D eigenvalue weighted by Crippen LogP contribution is 2.28. The smallest absolute Gasteiger partial charge is 0.343 e. The van der Waals surface area contributed by atoms with E-state index in [1.807, 2.05) is 24.3 Å². The summed E-state index contributed by atoms with van der Waals surface area (Å²) in [5.41, 5.74) is 2.88. The third kappa shape index (κ3) is 3.92. The number of fused-ring (bicyclic) bond motifs is 1. The Morgan fingerprint density at radius 3 is 2.85 bits per heavy atom. The molecule has 0 bridgehead atoms. The first kappa shape index (κ1) is 17.7. The Morgan fingerprint density at radius 2 is 2.15 bits per heavy atom. The lowest BCUT2D eigenvalue weighted by molar-refractivity contribution is -0.142. The molecule has 0 amide bonds. The number of nitrogens with one attached hydrogen (secondary N) is 1.